The fraction of sp³-hybridized carbons (Fsp3) is 0.188. The number of hydrogen-bond donors (Lipinski definition) is 2. The topological polar surface area (TPSA) is 58.6 Å². The number of amides is 1. The Morgan fingerprint density at radius 3 is 2.57 bits per heavy atom. The lowest BCUT2D eigenvalue weighted by atomic mass is 10.2. The molecule has 0 aliphatic heterocycles. The first-order chi connectivity index (χ1) is 10.1. The Morgan fingerprint density at radius 1 is 1.24 bits per heavy atom. The molecule has 5 heteroatoms. The number of benzene rings is 2. The van der Waals surface area contributed by atoms with Crippen molar-refractivity contribution in [1.82, 2.24) is 0 Å². The number of anilines is 1. The molecule has 2 aromatic rings. The SMILES string of the molecule is CC(Oc1ccc(Cl)cc1)C(=O)Nc1ccccc1CO. The van der Waals surface area contributed by atoms with Gasteiger partial charge in [0.25, 0.3) is 5.91 Å². The molecule has 0 saturated carbocycles. The van der Waals surface area contributed by atoms with E-state index in [1.807, 2.05) is 0 Å². The lowest BCUT2D eigenvalue weighted by Gasteiger charge is -2.16. The van der Waals surface area contributed by atoms with Crippen molar-refractivity contribution in [3.05, 3.63) is 59.1 Å². The zero-order valence-electron chi connectivity index (χ0n) is 11.5. The highest BCUT2D eigenvalue weighted by atomic mass is 35.5. The van der Waals surface area contributed by atoms with Crippen LogP contribution in [0.5, 0.6) is 5.75 Å². The number of carbonyl (C=O) groups excluding carboxylic acids is 1. The molecule has 0 saturated heterocycles. The largest absolute Gasteiger partial charge is 0.481 e. The summed E-state index contributed by atoms with van der Waals surface area (Å²) in [6.07, 6.45) is -0.669. The van der Waals surface area contributed by atoms with Crippen LogP contribution in [0.15, 0.2) is 48.5 Å². The van der Waals surface area contributed by atoms with Gasteiger partial charge in [0.05, 0.1) is 6.61 Å². The third-order valence-electron chi connectivity index (χ3n) is 2.94. The molecule has 1 unspecified atom stereocenters. The lowest BCUT2D eigenvalue weighted by Crippen LogP contribution is -2.30. The first kappa shape index (κ1) is 15.4. The summed E-state index contributed by atoms with van der Waals surface area (Å²) in [5, 5.41) is 12.6. The Morgan fingerprint density at radius 2 is 1.90 bits per heavy atom. The molecule has 4 nitrogen and oxygen atoms in total. The molecule has 0 bridgehead atoms. The highest BCUT2D eigenvalue weighted by molar-refractivity contribution is 6.30. The van der Waals surface area contributed by atoms with E-state index in [4.69, 9.17) is 16.3 Å². The third kappa shape index (κ3) is 4.21. The predicted octanol–water partition coefficient (Wildman–Crippen LogP) is 3.24. The molecule has 0 aliphatic rings. The quantitative estimate of drug-likeness (QED) is 0.891. The molecular formula is C16H16ClNO3. The smallest absolute Gasteiger partial charge is 0.265 e. The van der Waals surface area contributed by atoms with Gasteiger partial charge in [-0.3, -0.25) is 4.79 Å². The van der Waals surface area contributed by atoms with Gasteiger partial charge in [-0.2, -0.15) is 0 Å². The normalized spacial score (nSPS) is 11.8. The fourth-order valence-electron chi connectivity index (χ4n) is 1.79. The summed E-state index contributed by atoms with van der Waals surface area (Å²) >= 11 is 5.79. The second-order valence-corrected chi connectivity index (χ2v) is 4.95. The Hall–Kier alpha value is -2.04. The van der Waals surface area contributed by atoms with Gasteiger partial charge in [0.2, 0.25) is 0 Å². The van der Waals surface area contributed by atoms with Gasteiger partial charge in [-0.05, 0) is 37.3 Å². The monoisotopic (exact) mass is 305 g/mol. The Balaban J connectivity index is 2.01. The molecule has 0 aromatic heterocycles. The molecule has 21 heavy (non-hydrogen) atoms. The van der Waals surface area contributed by atoms with Gasteiger partial charge in [0, 0.05) is 16.3 Å². The van der Waals surface area contributed by atoms with Crippen molar-refractivity contribution in [1.29, 1.82) is 0 Å². The molecule has 2 N–H and O–H groups in total. The van der Waals surface area contributed by atoms with Gasteiger partial charge in [0.15, 0.2) is 6.10 Å². The Labute approximate surface area is 128 Å². The van der Waals surface area contributed by atoms with Crippen molar-refractivity contribution < 1.29 is 14.6 Å². The van der Waals surface area contributed by atoms with Gasteiger partial charge in [0.1, 0.15) is 5.75 Å². The first-order valence-electron chi connectivity index (χ1n) is 6.52. The summed E-state index contributed by atoms with van der Waals surface area (Å²) < 4.78 is 5.54. The molecule has 1 atom stereocenters. The van der Waals surface area contributed by atoms with Crippen molar-refractivity contribution in [2.45, 2.75) is 19.6 Å². The number of nitrogens with one attached hydrogen (secondary N) is 1. The number of rotatable bonds is 5. The summed E-state index contributed by atoms with van der Waals surface area (Å²) in [7, 11) is 0. The molecule has 2 rings (SSSR count). The summed E-state index contributed by atoms with van der Waals surface area (Å²) in [5.74, 6) is 0.281. The van der Waals surface area contributed by atoms with Gasteiger partial charge in [-0.15, -0.1) is 0 Å². The average molecular weight is 306 g/mol. The van der Waals surface area contributed by atoms with Gasteiger partial charge >= 0.3 is 0 Å². The molecule has 0 spiro atoms. The molecule has 0 radical (unpaired) electrons. The predicted molar refractivity (Wildman–Crippen MR) is 82.5 cm³/mol. The number of hydrogen-bond acceptors (Lipinski definition) is 3. The number of halogens is 1. The van der Waals surface area contributed by atoms with E-state index >= 15 is 0 Å². The van der Waals surface area contributed by atoms with E-state index in [-0.39, 0.29) is 12.5 Å². The number of aliphatic hydroxyl groups is 1. The minimum atomic E-state index is -0.669. The fourth-order valence-corrected chi connectivity index (χ4v) is 1.91. The average Bonchev–Trinajstić information content (AvgIpc) is 2.50. The van der Waals surface area contributed by atoms with Crippen LogP contribution >= 0.6 is 11.6 Å². The van der Waals surface area contributed by atoms with Crippen molar-refractivity contribution in [2.75, 3.05) is 5.32 Å². The zero-order chi connectivity index (χ0) is 15.2. The Bertz CT molecular complexity index is 613. The number of ether oxygens (including phenoxy) is 1. The maximum atomic E-state index is 12.1. The van der Waals surface area contributed by atoms with Crippen LogP contribution in [0.3, 0.4) is 0 Å². The van der Waals surface area contributed by atoms with Crippen molar-refractivity contribution in [2.24, 2.45) is 0 Å². The second-order valence-electron chi connectivity index (χ2n) is 4.52. The van der Waals surface area contributed by atoms with Gasteiger partial charge in [-0.1, -0.05) is 29.8 Å². The highest BCUT2D eigenvalue weighted by Crippen LogP contribution is 2.18. The van der Waals surface area contributed by atoms with E-state index in [9.17, 15) is 9.90 Å². The molecule has 0 aliphatic carbocycles. The number of para-hydroxylation sites is 1. The maximum absolute atomic E-state index is 12.1. The summed E-state index contributed by atoms with van der Waals surface area (Å²) in [5.41, 5.74) is 1.24. The van der Waals surface area contributed by atoms with E-state index in [1.54, 1.807) is 55.5 Å². The Kier molecular flexibility index (Phi) is 5.20. The molecule has 1 amide bonds. The molecule has 0 heterocycles. The van der Waals surface area contributed by atoms with Crippen LogP contribution < -0.4 is 10.1 Å². The number of aliphatic hydroxyl groups excluding tert-OH is 1. The van der Waals surface area contributed by atoms with Gasteiger partial charge in [-0.25, -0.2) is 0 Å². The van der Waals surface area contributed by atoms with Gasteiger partial charge < -0.3 is 15.2 Å². The second kappa shape index (κ2) is 7.11. The highest BCUT2D eigenvalue weighted by Gasteiger charge is 2.16. The number of carbonyl (C=O) groups is 1. The van der Waals surface area contributed by atoms with Crippen LogP contribution in [0.25, 0.3) is 0 Å². The van der Waals surface area contributed by atoms with Crippen LogP contribution in [0, 0.1) is 0 Å². The summed E-state index contributed by atoms with van der Waals surface area (Å²) in [6.45, 7) is 1.52. The first-order valence-corrected chi connectivity index (χ1v) is 6.90. The van der Waals surface area contributed by atoms with E-state index in [0.717, 1.165) is 0 Å². The van der Waals surface area contributed by atoms with E-state index in [1.165, 1.54) is 0 Å². The standard InChI is InChI=1S/C16H16ClNO3/c1-11(21-14-8-6-13(17)7-9-14)16(20)18-15-5-3-2-4-12(15)10-19/h2-9,11,19H,10H2,1H3,(H,18,20). The van der Waals surface area contributed by atoms with Crippen LogP contribution in [0.4, 0.5) is 5.69 Å². The summed E-state index contributed by atoms with van der Waals surface area (Å²) in [6, 6.07) is 13.9. The third-order valence-corrected chi connectivity index (χ3v) is 3.19. The lowest BCUT2D eigenvalue weighted by molar-refractivity contribution is -0.122. The minimum absolute atomic E-state index is 0.136. The molecule has 2 aromatic carbocycles. The van der Waals surface area contributed by atoms with Crippen LogP contribution in [0.1, 0.15) is 12.5 Å². The van der Waals surface area contributed by atoms with Crippen LogP contribution in [-0.4, -0.2) is 17.1 Å². The molecule has 0 fully saturated rings. The van der Waals surface area contributed by atoms with Crippen LogP contribution in [-0.2, 0) is 11.4 Å². The van der Waals surface area contributed by atoms with Crippen molar-refractivity contribution >= 4 is 23.2 Å². The van der Waals surface area contributed by atoms with E-state index in [2.05, 4.69) is 5.32 Å². The molecule has 110 valence electrons. The van der Waals surface area contributed by atoms with Crippen molar-refractivity contribution in [3.63, 3.8) is 0 Å². The molecular weight excluding hydrogens is 290 g/mol. The zero-order valence-corrected chi connectivity index (χ0v) is 12.3. The van der Waals surface area contributed by atoms with Crippen LogP contribution in [0.2, 0.25) is 5.02 Å². The van der Waals surface area contributed by atoms with E-state index in [0.29, 0.717) is 22.0 Å². The summed E-state index contributed by atoms with van der Waals surface area (Å²) in [4.78, 5) is 12.1. The minimum Gasteiger partial charge on any atom is -0.481 e. The maximum Gasteiger partial charge on any atom is 0.265 e. The van der Waals surface area contributed by atoms with E-state index < -0.39 is 6.10 Å². The van der Waals surface area contributed by atoms with Crippen molar-refractivity contribution in [3.8, 4) is 5.75 Å².